The van der Waals surface area contributed by atoms with Gasteiger partial charge in [0.25, 0.3) is 5.91 Å². The molecule has 2 rings (SSSR count). The zero-order valence-corrected chi connectivity index (χ0v) is 18.1. The first-order valence-corrected chi connectivity index (χ1v) is 10.1. The van der Waals surface area contributed by atoms with Crippen molar-refractivity contribution in [2.75, 3.05) is 11.9 Å². The minimum Gasteiger partial charge on any atom is -0.479 e. The molecule has 1 N–H and O–H groups in total. The Morgan fingerprint density at radius 3 is 1.93 bits per heavy atom. The van der Waals surface area contributed by atoms with Crippen LogP contribution in [0.5, 0.6) is 5.75 Å². The predicted octanol–water partition coefficient (Wildman–Crippen LogP) is 5.52. The van der Waals surface area contributed by atoms with Crippen molar-refractivity contribution in [3.8, 4) is 5.75 Å². The van der Waals surface area contributed by atoms with Crippen LogP contribution in [0.3, 0.4) is 0 Å². The average Bonchev–Trinajstić information content (AvgIpc) is 2.68. The zero-order chi connectivity index (χ0) is 21.6. The van der Waals surface area contributed by atoms with Crippen molar-refractivity contribution in [1.29, 1.82) is 0 Å². The molecule has 0 unspecified atom stereocenters. The minimum atomic E-state index is -0.707. The Kier molecular flexibility index (Phi) is 7.82. The van der Waals surface area contributed by atoms with E-state index in [1.807, 2.05) is 6.07 Å². The molecule has 0 aromatic heterocycles. The van der Waals surface area contributed by atoms with Crippen LogP contribution >= 0.6 is 0 Å². The van der Waals surface area contributed by atoms with Gasteiger partial charge in [0.15, 0.2) is 6.10 Å². The molecule has 0 saturated heterocycles. The standard InChI is InChI=1S/C24H31NO4/c1-7-28-24(27)17(6)29-19-13-11-18(12-14-19)23(26)25-22-20(15(2)3)9-8-10-21(22)16(4)5/h8-17H,7H2,1-6H3,(H,25,26)/t17-/m1/s1. The van der Waals surface area contributed by atoms with Gasteiger partial charge in [-0.15, -0.1) is 0 Å². The van der Waals surface area contributed by atoms with E-state index in [1.54, 1.807) is 38.1 Å². The molecule has 2 aromatic rings. The van der Waals surface area contributed by atoms with E-state index in [4.69, 9.17) is 9.47 Å². The van der Waals surface area contributed by atoms with Crippen LogP contribution in [0.4, 0.5) is 5.69 Å². The van der Waals surface area contributed by atoms with Gasteiger partial charge in [0.1, 0.15) is 5.75 Å². The van der Waals surface area contributed by atoms with Gasteiger partial charge in [0, 0.05) is 11.3 Å². The highest BCUT2D eigenvalue weighted by molar-refractivity contribution is 6.05. The van der Waals surface area contributed by atoms with Crippen LogP contribution in [0.15, 0.2) is 42.5 Å². The van der Waals surface area contributed by atoms with Crippen molar-refractivity contribution in [3.63, 3.8) is 0 Å². The van der Waals surface area contributed by atoms with Gasteiger partial charge >= 0.3 is 5.97 Å². The molecule has 0 aliphatic carbocycles. The second kappa shape index (κ2) is 10.1. The summed E-state index contributed by atoms with van der Waals surface area (Å²) in [7, 11) is 0. The van der Waals surface area contributed by atoms with Crippen LogP contribution in [-0.2, 0) is 9.53 Å². The smallest absolute Gasteiger partial charge is 0.347 e. The van der Waals surface area contributed by atoms with Gasteiger partial charge in [-0.05, 0) is 61.1 Å². The maximum Gasteiger partial charge on any atom is 0.347 e. The van der Waals surface area contributed by atoms with Crippen LogP contribution in [0.2, 0.25) is 0 Å². The molecule has 2 aromatic carbocycles. The molecule has 0 aliphatic rings. The van der Waals surface area contributed by atoms with Gasteiger partial charge in [-0.25, -0.2) is 4.79 Å². The van der Waals surface area contributed by atoms with E-state index in [0.29, 0.717) is 29.8 Å². The largest absolute Gasteiger partial charge is 0.479 e. The summed E-state index contributed by atoms with van der Waals surface area (Å²) in [4.78, 5) is 24.6. The molecule has 156 valence electrons. The summed E-state index contributed by atoms with van der Waals surface area (Å²) in [6, 6.07) is 12.9. The van der Waals surface area contributed by atoms with Crippen molar-refractivity contribution in [2.45, 2.75) is 59.5 Å². The summed E-state index contributed by atoms with van der Waals surface area (Å²) < 4.78 is 10.5. The Morgan fingerprint density at radius 2 is 1.45 bits per heavy atom. The summed E-state index contributed by atoms with van der Waals surface area (Å²) >= 11 is 0. The van der Waals surface area contributed by atoms with Crippen molar-refractivity contribution in [2.24, 2.45) is 0 Å². The number of hydrogen-bond donors (Lipinski definition) is 1. The molecule has 0 saturated carbocycles. The molecule has 0 aliphatic heterocycles. The molecule has 1 amide bonds. The zero-order valence-electron chi connectivity index (χ0n) is 18.1. The van der Waals surface area contributed by atoms with E-state index in [-0.39, 0.29) is 5.91 Å². The Bertz CT molecular complexity index is 814. The predicted molar refractivity (Wildman–Crippen MR) is 116 cm³/mol. The lowest BCUT2D eigenvalue weighted by molar-refractivity contribution is -0.150. The van der Waals surface area contributed by atoms with Gasteiger partial charge in [-0.1, -0.05) is 45.9 Å². The lowest BCUT2D eigenvalue weighted by Gasteiger charge is -2.20. The van der Waals surface area contributed by atoms with Crippen molar-refractivity contribution in [3.05, 3.63) is 59.2 Å². The molecule has 29 heavy (non-hydrogen) atoms. The number of anilines is 1. The van der Waals surface area contributed by atoms with E-state index in [2.05, 4.69) is 45.1 Å². The van der Waals surface area contributed by atoms with Crippen LogP contribution in [0.25, 0.3) is 0 Å². The van der Waals surface area contributed by atoms with Gasteiger partial charge in [0.2, 0.25) is 0 Å². The van der Waals surface area contributed by atoms with Crippen molar-refractivity contribution in [1.82, 2.24) is 0 Å². The highest BCUT2D eigenvalue weighted by Gasteiger charge is 2.18. The molecule has 5 nitrogen and oxygen atoms in total. The number of rotatable bonds is 8. The first-order chi connectivity index (χ1) is 13.7. The third-order valence-corrected chi connectivity index (χ3v) is 4.66. The number of amides is 1. The highest BCUT2D eigenvalue weighted by atomic mass is 16.6. The Balaban J connectivity index is 2.17. The molecule has 0 radical (unpaired) electrons. The number of esters is 1. The third kappa shape index (κ3) is 5.83. The summed E-state index contributed by atoms with van der Waals surface area (Å²) in [6.45, 7) is 12.2. The fourth-order valence-corrected chi connectivity index (χ4v) is 3.08. The van der Waals surface area contributed by atoms with Gasteiger partial charge in [-0.2, -0.15) is 0 Å². The van der Waals surface area contributed by atoms with E-state index < -0.39 is 12.1 Å². The molecular weight excluding hydrogens is 366 g/mol. The Hall–Kier alpha value is -2.82. The molecular formula is C24H31NO4. The summed E-state index contributed by atoms with van der Waals surface area (Å²) in [5, 5.41) is 3.10. The van der Waals surface area contributed by atoms with Gasteiger partial charge in [-0.3, -0.25) is 4.79 Å². The fraction of sp³-hybridized carbons (Fsp3) is 0.417. The molecule has 1 atom stereocenters. The van der Waals surface area contributed by atoms with Gasteiger partial charge < -0.3 is 14.8 Å². The number of benzene rings is 2. The normalized spacial score (nSPS) is 12.0. The van der Waals surface area contributed by atoms with Crippen LogP contribution in [-0.4, -0.2) is 24.6 Å². The number of hydrogen-bond acceptors (Lipinski definition) is 4. The number of nitrogens with one attached hydrogen (secondary N) is 1. The monoisotopic (exact) mass is 397 g/mol. The van der Waals surface area contributed by atoms with Crippen molar-refractivity contribution < 1.29 is 19.1 Å². The molecule has 0 spiro atoms. The van der Waals surface area contributed by atoms with E-state index in [1.165, 1.54) is 0 Å². The van der Waals surface area contributed by atoms with Crippen LogP contribution in [0, 0.1) is 0 Å². The summed E-state index contributed by atoms with van der Waals surface area (Å²) in [6.07, 6.45) is -0.707. The van der Waals surface area contributed by atoms with Crippen molar-refractivity contribution >= 4 is 17.6 Å². The van der Waals surface area contributed by atoms with E-state index >= 15 is 0 Å². The van der Waals surface area contributed by atoms with E-state index in [0.717, 1.165) is 16.8 Å². The maximum absolute atomic E-state index is 12.9. The fourth-order valence-electron chi connectivity index (χ4n) is 3.08. The second-order valence-electron chi connectivity index (χ2n) is 7.61. The maximum atomic E-state index is 12.9. The van der Waals surface area contributed by atoms with Gasteiger partial charge in [0.05, 0.1) is 6.61 Å². The number of carbonyl (C=O) groups excluding carboxylic acids is 2. The lowest BCUT2D eigenvalue weighted by atomic mass is 9.92. The summed E-state index contributed by atoms with van der Waals surface area (Å²) in [5.41, 5.74) is 3.65. The molecule has 5 heteroatoms. The highest BCUT2D eigenvalue weighted by Crippen LogP contribution is 2.32. The first kappa shape index (κ1) is 22.5. The molecule has 0 bridgehead atoms. The Morgan fingerprint density at radius 1 is 0.897 bits per heavy atom. The number of carbonyl (C=O) groups is 2. The quantitative estimate of drug-likeness (QED) is 0.596. The second-order valence-corrected chi connectivity index (χ2v) is 7.61. The SMILES string of the molecule is CCOC(=O)[C@@H](C)Oc1ccc(C(=O)Nc2c(C(C)C)cccc2C(C)C)cc1. The minimum absolute atomic E-state index is 0.176. The summed E-state index contributed by atoms with van der Waals surface area (Å²) in [5.74, 6) is 0.506. The lowest BCUT2D eigenvalue weighted by Crippen LogP contribution is -2.26. The number of para-hydroxylation sites is 1. The molecule has 0 heterocycles. The Labute approximate surface area is 173 Å². The third-order valence-electron chi connectivity index (χ3n) is 4.66. The van der Waals surface area contributed by atoms with E-state index in [9.17, 15) is 9.59 Å². The average molecular weight is 398 g/mol. The van der Waals surface area contributed by atoms with Crippen LogP contribution < -0.4 is 10.1 Å². The first-order valence-electron chi connectivity index (χ1n) is 10.1. The number of ether oxygens (including phenoxy) is 2. The van der Waals surface area contributed by atoms with Crippen LogP contribution in [0.1, 0.15) is 74.9 Å². The topological polar surface area (TPSA) is 64.6 Å². The molecule has 0 fully saturated rings.